The van der Waals surface area contributed by atoms with E-state index in [1.807, 2.05) is 23.1 Å². The molecule has 2 aromatic rings. The first-order valence-corrected chi connectivity index (χ1v) is 8.82. The van der Waals surface area contributed by atoms with E-state index in [1.165, 1.54) is 0 Å². The van der Waals surface area contributed by atoms with E-state index in [0.717, 1.165) is 23.7 Å². The smallest absolute Gasteiger partial charge is 0.256 e. The van der Waals surface area contributed by atoms with Crippen LogP contribution < -0.4 is 0 Å². The maximum Gasteiger partial charge on any atom is 0.256 e. The number of hydrogen-bond donors (Lipinski definition) is 1. The Hall–Kier alpha value is -1.69. The van der Waals surface area contributed by atoms with Crippen molar-refractivity contribution in [1.29, 1.82) is 0 Å². The maximum absolute atomic E-state index is 12.6. The van der Waals surface area contributed by atoms with E-state index in [1.54, 1.807) is 18.3 Å². The number of nitrogens with one attached hydrogen (secondary N) is 1. The Balaban J connectivity index is 1.66. The molecule has 4 nitrogen and oxygen atoms in total. The molecule has 0 radical (unpaired) electrons. The molecule has 1 aliphatic heterocycles. The van der Waals surface area contributed by atoms with Crippen molar-refractivity contribution in [3.63, 3.8) is 0 Å². The minimum absolute atomic E-state index is 0.00176. The van der Waals surface area contributed by atoms with Crippen LogP contribution in [0.5, 0.6) is 0 Å². The van der Waals surface area contributed by atoms with Crippen LogP contribution in [0.1, 0.15) is 28.9 Å². The quantitative estimate of drug-likeness (QED) is 0.842. The fourth-order valence-corrected chi connectivity index (χ4v) is 3.60. The van der Waals surface area contributed by atoms with E-state index in [-0.39, 0.29) is 11.9 Å². The molecule has 1 amide bonds. The van der Waals surface area contributed by atoms with Crippen molar-refractivity contribution < 1.29 is 4.79 Å². The lowest BCUT2D eigenvalue weighted by atomic mass is 10.1. The Labute approximate surface area is 152 Å². The summed E-state index contributed by atoms with van der Waals surface area (Å²) in [7, 11) is 0. The third kappa shape index (κ3) is 3.53. The van der Waals surface area contributed by atoms with Gasteiger partial charge in [-0.1, -0.05) is 42.0 Å². The van der Waals surface area contributed by atoms with Gasteiger partial charge in [-0.2, -0.15) is 0 Å². The van der Waals surface area contributed by atoms with E-state index < -0.39 is 0 Å². The zero-order valence-electron chi connectivity index (χ0n) is 13.5. The standard InChI is InChI=1S/C18H20ClN3OS/c1-13(14-5-2-3-7-16(14)19)21-9-11-22(12-10-21)18(23)15-6-4-8-20-17(15)24/h2-8,13H,9-12H2,1H3,(H,20,24)/t13-/m1/s1. The number of benzene rings is 1. The first kappa shape index (κ1) is 17.1. The number of nitrogens with zero attached hydrogens (tertiary/aromatic N) is 2. The zero-order valence-corrected chi connectivity index (χ0v) is 15.1. The molecule has 1 saturated heterocycles. The average molecular weight is 362 g/mol. The Bertz CT molecular complexity index is 784. The van der Waals surface area contributed by atoms with Crippen LogP contribution in [0.3, 0.4) is 0 Å². The summed E-state index contributed by atoms with van der Waals surface area (Å²) in [5.74, 6) is 0.00176. The van der Waals surface area contributed by atoms with Gasteiger partial charge in [-0.05, 0) is 30.7 Å². The second-order valence-corrected chi connectivity index (χ2v) is 6.75. The average Bonchev–Trinajstić information content (AvgIpc) is 2.61. The molecule has 0 spiro atoms. The van der Waals surface area contributed by atoms with Gasteiger partial charge in [0.25, 0.3) is 5.91 Å². The second-order valence-electron chi connectivity index (χ2n) is 5.94. The molecular weight excluding hydrogens is 342 g/mol. The summed E-state index contributed by atoms with van der Waals surface area (Å²) in [6, 6.07) is 11.7. The molecular formula is C18H20ClN3OS. The lowest BCUT2D eigenvalue weighted by molar-refractivity contribution is 0.0581. The van der Waals surface area contributed by atoms with Crippen LogP contribution in [0, 0.1) is 4.64 Å². The van der Waals surface area contributed by atoms with Gasteiger partial charge in [0, 0.05) is 43.4 Å². The normalized spacial score (nSPS) is 16.8. The fourth-order valence-electron chi connectivity index (χ4n) is 3.08. The van der Waals surface area contributed by atoms with Crippen LogP contribution in [-0.2, 0) is 0 Å². The summed E-state index contributed by atoms with van der Waals surface area (Å²) in [5.41, 5.74) is 1.70. The van der Waals surface area contributed by atoms with Gasteiger partial charge in [0.15, 0.2) is 0 Å². The molecule has 0 unspecified atom stereocenters. The third-order valence-electron chi connectivity index (χ3n) is 4.55. The summed E-state index contributed by atoms with van der Waals surface area (Å²) in [5, 5.41) is 0.791. The number of aromatic amines is 1. The highest BCUT2D eigenvalue weighted by atomic mass is 35.5. The van der Waals surface area contributed by atoms with Crippen molar-refractivity contribution in [2.75, 3.05) is 26.2 Å². The first-order valence-electron chi connectivity index (χ1n) is 8.03. The monoisotopic (exact) mass is 361 g/mol. The zero-order chi connectivity index (χ0) is 17.1. The predicted octanol–water partition coefficient (Wildman–Crippen LogP) is 3.92. The van der Waals surface area contributed by atoms with E-state index in [0.29, 0.717) is 23.3 Å². The van der Waals surface area contributed by atoms with Gasteiger partial charge in [-0.3, -0.25) is 9.69 Å². The number of hydrogen-bond acceptors (Lipinski definition) is 3. The molecule has 1 atom stereocenters. The van der Waals surface area contributed by atoms with Gasteiger partial charge in [-0.25, -0.2) is 0 Å². The molecule has 1 aromatic carbocycles. The topological polar surface area (TPSA) is 39.3 Å². The van der Waals surface area contributed by atoms with Crippen molar-refractivity contribution >= 4 is 29.7 Å². The molecule has 126 valence electrons. The number of aromatic nitrogens is 1. The van der Waals surface area contributed by atoms with Crippen LogP contribution in [0.25, 0.3) is 0 Å². The fraction of sp³-hybridized carbons (Fsp3) is 0.333. The number of pyridine rings is 1. The van der Waals surface area contributed by atoms with E-state index in [2.05, 4.69) is 22.9 Å². The summed E-state index contributed by atoms with van der Waals surface area (Å²) < 4.78 is 0.495. The molecule has 1 N–H and O–H groups in total. The van der Waals surface area contributed by atoms with Crippen LogP contribution in [0.15, 0.2) is 42.6 Å². The van der Waals surface area contributed by atoms with Crippen LogP contribution in [-0.4, -0.2) is 46.9 Å². The summed E-state index contributed by atoms with van der Waals surface area (Å²) in [4.78, 5) is 19.8. The van der Waals surface area contributed by atoms with Crippen molar-refractivity contribution in [3.8, 4) is 0 Å². The molecule has 0 bridgehead atoms. The predicted molar refractivity (Wildman–Crippen MR) is 99.0 cm³/mol. The van der Waals surface area contributed by atoms with Gasteiger partial charge in [0.2, 0.25) is 0 Å². The van der Waals surface area contributed by atoms with Crippen molar-refractivity contribution in [1.82, 2.24) is 14.8 Å². The molecule has 1 aromatic heterocycles. The largest absolute Gasteiger partial charge is 0.352 e. The minimum Gasteiger partial charge on any atom is -0.352 e. The highest BCUT2D eigenvalue weighted by Crippen LogP contribution is 2.27. The molecule has 3 rings (SSSR count). The first-order chi connectivity index (χ1) is 11.6. The van der Waals surface area contributed by atoms with E-state index in [9.17, 15) is 4.79 Å². The molecule has 0 aliphatic carbocycles. The summed E-state index contributed by atoms with van der Waals surface area (Å²) in [6.45, 7) is 5.18. The Morgan fingerprint density at radius 1 is 1.17 bits per heavy atom. The van der Waals surface area contributed by atoms with Gasteiger partial charge in [-0.15, -0.1) is 0 Å². The molecule has 24 heavy (non-hydrogen) atoms. The highest BCUT2D eigenvalue weighted by molar-refractivity contribution is 7.71. The van der Waals surface area contributed by atoms with Crippen LogP contribution in [0.4, 0.5) is 0 Å². The highest BCUT2D eigenvalue weighted by Gasteiger charge is 2.26. The van der Waals surface area contributed by atoms with Crippen LogP contribution >= 0.6 is 23.8 Å². The Morgan fingerprint density at radius 2 is 1.88 bits per heavy atom. The number of carbonyl (C=O) groups is 1. The number of carbonyl (C=O) groups excluding carboxylic acids is 1. The lowest BCUT2D eigenvalue weighted by Gasteiger charge is -2.38. The van der Waals surface area contributed by atoms with Crippen molar-refractivity contribution in [3.05, 3.63) is 63.4 Å². The van der Waals surface area contributed by atoms with E-state index >= 15 is 0 Å². The number of piperazine rings is 1. The van der Waals surface area contributed by atoms with E-state index in [4.69, 9.17) is 23.8 Å². The van der Waals surface area contributed by atoms with Gasteiger partial charge in [0.05, 0.1) is 5.56 Å². The van der Waals surface area contributed by atoms with Crippen molar-refractivity contribution in [2.24, 2.45) is 0 Å². The molecule has 0 saturated carbocycles. The number of rotatable bonds is 3. The maximum atomic E-state index is 12.6. The molecule has 6 heteroatoms. The molecule has 1 fully saturated rings. The third-order valence-corrected chi connectivity index (χ3v) is 5.24. The summed E-state index contributed by atoms with van der Waals surface area (Å²) in [6.07, 6.45) is 1.74. The molecule has 2 heterocycles. The summed E-state index contributed by atoms with van der Waals surface area (Å²) >= 11 is 11.5. The Kier molecular flexibility index (Phi) is 5.33. The number of halogens is 1. The van der Waals surface area contributed by atoms with Crippen LogP contribution in [0.2, 0.25) is 5.02 Å². The SMILES string of the molecule is C[C@H](c1ccccc1Cl)N1CCN(C(=O)c2ccc[nH]c2=S)CC1. The van der Waals surface area contributed by atoms with Crippen molar-refractivity contribution in [2.45, 2.75) is 13.0 Å². The lowest BCUT2D eigenvalue weighted by Crippen LogP contribution is -2.49. The molecule has 1 aliphatic rings. The second kappa shape index (κ2) is 7.47. The van der Waals surface area contributed by atoms with Gasteiger partial charge < -0.3 is 9.88 Å². The Morgan fingerprint density at radius 3 is 2.54 bits per heavy atom. The van der Waals surface area contributed by atoms with Gasteiger partial charge >= 0.3 is 0 Å². The number of amides is 1. The number of H-pyrrole nitrogens is 1. The minimum atomic E-state index is 0.00176. The van der Waals surface area contributed by atoms with Gasteiger partial charge in [0.1, 0.15) is 4.64 Å².